The fourth-order valence-electron chi connectivity index (χ4n) is 4.85. The van der Waals surface area contributed by atoms with Crippen LogP contribution >= 0.6 is 0 Å². The van der Waals surface area contributed by atoms with E-state index < -0.39 is 182 Å². The Morgan fingerprint density at radius 2 is 0.544 bits per heavy atom. The fourth-order valence-corrected chi connectivity index (χ4v) is 4.85. The summed E-state index contributed by atoms with van der Waals surface area (Å²) in [6.07, 6.45) is -3.62. The molecule has 0 radical (unpaired) electrons. The highest BCUT2D eigenvalue weighted by Crippen LogP contribution is 2.69. The molecule has 0 aromatic rings. The van der Waals surface area contributed by atoms with E-state index in [0.29, 0.717) is 20.0 Å². The lowest BCUT2D eigenvalue weighted by molar-refractivity contribution is -0.478. The molecule has 1 fully saturated rings. The number of methoxy groups -OCH3 is 1. The van der Waals surface area contributed by atoms with E-state index in [1.165, 1.54) is 27.7 Å². The van der Waals surface area contributed by atoms with E-state index in [1.807, 2.05) is 0 Å². The van der Waals surface area contributed by atoms with E-state index >= 15 is 0 Å². The van der Waals surface area contributed by atoms with Crippen LogP contribution in [0.2, 0.25) is 0 Å². The molecule has 79 heavy (non-hydrogen) atoms. The first kappa shape index (κ1) is 75.5. The summed E-state index contributed by atoms with van der Waals surface area (Å²) in [5.74, 6) is -69.9. The predicted molar refractivity (Wildman–Crippen MR) is 224 cm³/mol. The number of hydrogen-bond donors (Lipinski definition) is 0. The quantitative estimate of drug-likeness (QED) is 0.0361. The third-order valence-electron chi connectivity index (χ3n) is 11.2. The van der Waals surface area contributed by atoms with Gasteiger partial charge in [0.05, 0.1) is 42.8 Å². The van der Waals surface area contributed by atoms with Gasteiger partial charge in [0, 0.05) is 0 Å². The van der Waals surface area contributed by atoms with Gasteiger partial charge >= 0.3 is 107 Å². The Hall–Kier alpha value is -5.57. The van der Waals surface area contributed by atoms with Gasteiger partial charge in [0.15, 0.2) is 0 Å². The van der Waals surface area contributed by atoms with Gasteiger partial charge in [-0.05, 0) is 67.7 Å². The average Bonchev–Trinajstić information content (AvgIpc) is 3.33. The topological polar surface area (TPSA) is 210 Å². The van der Waals surface area contributed by atoms with Crippen molar-refractivity contribution in [2.24, 2.45) is 16.2 Å². The van der Waals surface area contributed by atoms with Crippen molar-refractivity contribution in [2.45, 2.75) is 160 Å². The maximum atomic E-state index is 14.3. The second-order valence-corrected chi connectivity index (χ2v) is 18.4. The van der Waals surface area contributed by atoms with Gasteiger partial charge in [0.1, 0.15) is 39.6 Å². The highest BCUT2D eigenvalue weighted by atomic mass is 19.4. The summed E-state index contributed by atoms with van der Waals surface area (Å²) < 4.78 is 288. The average molecular weight is 1200 g/mol. The molecule has 0 saturated heterocycles. The third-order valence-corrected chi connectivity index (χ3v) is 11.2. The number of halogens is 19. The molecule has 462 valence electrons. The van der Waals surface area contributed by atoms with Gasteiger partial charge in [-0.2, -0.15) is 79.0 Å². The molecule has 0 N–H and O–H groups in total. The molecule has 0 atom stereocenters. The highest BCUT2D eigenvalue weighted by Gasteiger charge is 3.03. The molecule has 1 saturated carbocycles. The summed E-state index contributed by atoms with van der Waals surface area (Å²) in [5.41, 5.74) is -9.59. The lowest BCUT2D eigenvalue weighted by Crippen LogP contribution is -2.85. The van der Waals surface area contributed by atoms with Gasteiger partial charge in [-0.3, -0.25) is 14.4 Å². The fraction of sp³-hybridized carbons (Fsp3) is 0.818. The summed E-state index contributed by atoms with van der Waals surface area (Å²) in [7, 11) is 0.596. The Morgan fingerprint density at radius 3 is 0.785 bits per heavy atom. The molecule has 0 unspecified atom stereocenters. The standard InChI is InChI=1S/C15H15F11O4.C15H22F4O6.C14H20F4O6/c1-4-9(2,3)7(27)29-5-6-30-8(28)10(16)11(17,18)13(21,22)15(25,26)14(23,24)12(10,19)20;1-5-13(3,4)10(20)24-7-8-25-12(22)15(18,19)9-14(16,17)11(21)23-6-2;1-5-12(2,3)9(19)23-6-7-24-11(21)14(17,18)8-13(15,16)10(20)22-4/h4-6H2,1-3H3;5-9H2,1-4H3;5-8H2,1-4H3. The Bertz CT molecular complexity index is 2100. The van der Waals surface area contributed by atoms with Crippen molar-refractivity contribution >= 4 is 47.8 Å². The number of hydrogen-bond acceptors (Lipinski definition) is 16. The normalized spacial score (nSPS) is 17.3. The number of alkyl halides is 19. The minimum absolute atomic E-state index is 0.204. The van der Waals surface area contributed by atoms with Crippen molar-refractivity contribution in [1.29, 1.82) is 0 Å². The van der Waals surface area contributed by atoms with E-state index in [4.69, 9.17) is 9.47 Å². The number of ether oxygens (including phenoxy) is 8. The third kappa shape index (κ3) is 17.5. The number of carbonyl (C=O) groups excluding carboxylic acids is 8. The Kier molecular flexibility index (Phi) is 26.1. The summed E-state index contributed by atoms with van der Waals surface area (Å²) in [6, 6.07) is 0. The molecule has 1 rings (SSSR count). The molecule has 1 aliphatic rings. The molecule has 0 spiro atoms. The minimum Gasteiger partial charge on any atom is -0.465 e. The SMILES string of the molecule is CCC(C)(C)C(=O)OCCOC(=O)C(F)(F)CC(F)(F)C(=O)OC.CCC(C)(C)C(=O)OCCOC(=O)C1(F)C(F)(F)C(F)(F)C(F)(F)C(F)(F)C1(F)F.CCOC(=O)C(F)(F)CC(F)(F)C(=O)OCCOC(=O)C(C)(C)CC. The Labute approximate surface area is 437 Å². The van der Waals surface area contributed by atoms with Crippen molar-refractivity contribution < 1.29 is 160 Å². The van der Waals surface area contributed by atoms with Crippen LogP contribution in [0.5, 0.6) is 0 Å². The second kappa shape index (κ2) is 27.3. The van der Waals surface area contributed by atoms with Gasteiger partial charge < -0.3 is 37.9 Å². The molecule has 0 aromatic carbocycles. The zero-order valence-corrected chi connectivity index (χ0v) is 43.7. The van der Waals surface area contributed by atoms with Crippen LogP contribution in [0.25, 0.3) is 0 Å². The van der Waals surface area contributed by atoms with E-state index in [-0.39, 0.29) is 6.42 Å². The molecule has 0 amide bonds. The van der Waals surface area contributed by atoms with Crippen LogP contribution in [0.3, 0.4) is 0 Å². The predicted octanol–water partition coefficient (Wildman–Crippen LogP) is 9.48. The van der Waals surface area contributed by atoms with Crippen molar-refractivity contribution in [2.75, 3.05) is 53.4 Å². The molecular formula is C44H57F19O16. The van der Waals surface area contributed by atoms with Crippen molar-refractivity contribution in [3.05, 3.63) is 0 Å². The van der Waals surface area contributed by atoms with Gasteiger partial charge in [0.25, 0.3) is 0 Å². The van der Waals surface area contributed by atoms with Gasteiger partial charge in [-0.1, -0.05) is 20.8 Å². The largest absolute Gasteiger partial charge is 0.465 e. The molecule has 35 heteroatoms. The maximum absolute atomic E-state index is 14.3. The minimum atomic E-state index is -7.43. The van der Waals surface area contributed by atoms with Crippen LogP contribution in [-0.2, 0) is 76.3 Å². The van der Waals surface area contributed by atoms with E-state index in [1.54, 1.807) is 41.5 Å². The number of esters is 8. The molecule has 0 aromatic heterocycles. The maximum Gasteiger partial charge on any atom is 0.384 e. The van der Waals surface area contributed by atoms with Crippen molar-refractivity contribution in [3.8, 4) is 0 Å². The van der Waals surface area contributed by atoms with Crippen molar-refractivity contribution in [1.82, 2.24) is 0 Å². The van der Waals surface area contributed by atoms with Crippen LogP contribution in [0, 0.1) is 16.2 Å². The molecular weight excluding hydrogens is 1150 g/mol. The van der Waals surface area contributed by atoms with Gasteiger partial charge in [-0.25, -0.2) is 28.4 Å². The van der Waals surface area contributed by atoms with Crippen LogP contribution < -0.4 is 0 Å². The van der Waals surface area contributed by atoms with E-state index in [9.17, 15) is 122 Å². The summed E-state index contributed by atoms with van der Waals surface area (Å²) >= 11 is 0. The highest BCUT2D eigenvalue weighted by molar-refractivity contribution is 5.85. The zero-order chi connectivity index (χ0) is 63.3. The molecule has 16 nitrogen and oxygen atoms in total. The molecule has 0 aliphatic heterocycles. The zero-order valence-electron chi connectivity index (χ0n) is 43.7. The Balaban J connectivity index is 0. The first-order valence-electron chi connectivity index (χ1n) is 22.6. The molecule has 1 aliphatic carbocycles. The van der Waals surface area contributed by atoms with Gasteiger partial charge in [-0.15, -0.1) is 0 Å². The monoisotopic (exact) mass is 1200 g/mol. The molecule has 0 bridgehead atoms. The van der Waals surface area contributed by atoms with Gasteiger partial charge in [0.2, 0.25) is 0 Å². The summed E-state index contributed by atoms with van der Waals surface area (Å²) in [4.78, 5) is 90.2. The summed E-state index contributed by atoms with van der Waals surface area (Å²) in [5, 5.41) is 0. The van der Waals surface area contributed by atoms with Crippen molar-refractivity contribution in [3.63, 3.8) is 0 Å². The van der Waals surface area contributed by atoms with E-state index in [0.717, 1.165) is 0 Å². The van der Waals surface area contributed by atoms with Crippen LogP contribution in [0.4, 0.5) is 83.4 Å². The smallest absolute Gasteiger partial charge is 0.384 e. The second-order valence-electron chi connectivity index (χ2n) is 18.4. The lowest BCUT2D eigenvalue weighted by Gasteiger charge is -2.50. The molecule has 0 heterocycles. The Morgan fingerprint density at radius 1 is 0.329 bits per heavy atom. The number of carbonyl (C=O) groups is 8. The first-order valence-corrected chi connectivity index (χ1v) is 22.6. The van der Waals surface area contributed by atoms with Crippen LogP contribution in [0.15, 0.2) is 0 Å². The van der Waals surface area contributed by atoms with Crippen LogP contribution in [0.1, 0.15) is 101 Å². The number of rotatable bonds is 25. The first-order chi connectivity index (χ1) is 35.2. The van der Waals surface area contributed by atoms with Crippen LogP contribution in [-0.4, -0.2) is 160 Å². The van der Waals surface area contributed by atoms with E-state index in [2.05, 4.69) is 28.4 Å². The lowest BCUT2D eigenvalue weighted by atomic mass is 9.72. The summed E-state index contributed by atoms with van der Waals surface area (Å²) in [6.45, 7) is 9.90.